The summed E-state index contributed by atoms with van der Waals surface area (Å²) in [4.78, 5) is 17.7. The van der Waals surface area contributed by atoms with Gasteiger partial charge in [-0.05, 0) is 26.0 Å². The molecule has 1 aromatic carbocycles. The van der Waals surface area contributed by atoms with Crippen LogP contribution in [0.4, 0.5) is 11.4 Å². The van der Waals surface area contributed by atoms with Gasteiger partial charge in [-0.2, -0.15) is 0 Å². The summed E-state index contributed by atoms with van der Waals surface area (Å²) < 4.78 is 0. The standard InChI is InChI=1S/C14H19N3O/c1-10(2)14(18)16-12-8-6-7-9-13(12)17(5)11(3)15-4/h6-9H,1H2,2-5H3,(H,16,18). The number of carbonyl (C=O) groups is 1. The molecular weight excluding hydrogens is 226 g/mol. The van der Waals surface area contributed by atoms with E-state index in [2.05, 4.69) is 16.9 Å². The topological polar surface area (TPSA) is 44.7 Å². The van der Waals surface area contributed by atoms with E-state index in [1.54, 1.807) is 14.0 Å². The Morgan fingerprint density at radius 3 is 2.50 bits per heavy atom. The van der Waals surface area contributed by atoms with Crippen LogP contribution in [0.3, 0.4) is 0 Å². The minimum absolute atomic E-state index is 0.179. The monoisotopic (exact) mass is 245 g/mol. The number of carbonyl (C=O) groups excluding carboxylic acids is 1. The van der Waals surface area contributed by atoms with Crippen molar-refractivity contribution in [2.45, 2.75) is 13.8 Å². The summed E-state index contributed by atoms with van der Waals surface area (Å²) >= 11 is 0. The SMILES string of the molecule is C=C(C)C(=O)Nc1ccccc1N(C)C(C)=NC. The van der Waals surface area contributed by atoms with Crippen molar-refractivity contribution in [1.29, 1.82) is 0 Å². The molecule has 0 heterocycles. The molecule has 0 radical (unpaired) electrons. The molecule has 0 fully saturated rings. The largest absolute Gasteiger partial charge is 0.332 e. The van der Waals surface area contributed by atoms with Gasteiger partial charge < -0.3 is 10.2 Å². The van der Waals surface area contributed by atoms with E-state index in [0.717, 1.165) is 17.2 Å². The Bertz CT molecular complexity index is 492. The zero-order chi connectivity index (χ0) is 13.7. The maximum absolute atomic E-state index is 11.7. The van der Waals surface area contributed by atoms with Crippen molar-refractivity contribution in [3.63, 3.8) is 0 Å². The van der Waals surface area contributed by atoms with Crippen LogP contribution in [0.1, 0.15) is 13.8 Å². The number of nitrogens with one attached hydrogen (secondary N) is 1. The number of nitrogens with zero attached hydrogens (tertiary/aromatic N) is 2. The maximum atomic E-state index is 11.7. The predicted octanol–water partition coefficient (Wildman–Crippen LogP) is 2.69. The van der Waals surface area contributed by atoms with Crippen LogP contribution < -0.4 is 10.2 Å². The van der Waals surface area contributed by atoms with Crippen LogP contribution in [0.5, 0.6) is 0 Å². The molecule has 0 spiro atoms. The first kappa shape index (κ1) is 14.0. The molecule has 0 aliphatic heterocycles. The summed E-state index contributed by atoms with van der Waals surface area (Å²) in [7, 11) is 3.65. The van der Waals surface area contributed by atoms with E-state index in [4.69, 9.17) is 0 Å². The summed E-state index contributed by atoms with van der Waals surface area (Å²) in [6.07, 6.45) is 0. The highest BCUT2D eigenvalue weighted by atomic mass is 16.1. The molecule has 1 amide bonds. The predicted molar refractivity (Wildman–Crippen MR) is 77.3 cm³/mol. The van der Waals surface area contributed by atoms with Crippen LogP contribution >= 0.6 is 0 Å². The zero-order valence-electron chi connectivity index (χ0n) is 11.3. The number of hydrogen-bond donors (Lipinski definition) is 1. The Morgan fingerprint density at radius 1 is 1.33 bits per heavy atom. The fourth-order valence-electron chi connectivity index (χ4n) is 1.43. The lowest BCUT2D eigenvalue weighted by molar-refractivity contribution is -0.112. The van der Waals surface area contributed by atoms with Gasteiger partial charge in [-0.25, -0.2) is 0 Å². The number of benzene rings is 1. The average molecular weight is 245 g/mol. The van der Waals surface area contributed by atoms with Gasteiger partial charge >= 0.3 is 0 Å². The first-order valence-electron chi connectivity index (χ1n) is 5.70. The van der Waals surface area contributed by atoms with Gasteiger partial charge in [0.15, 0.2) is 0 Å². The molecule has 0 unspecified atom stereocenters. The molecule has 4 nitrogen and oxygen atoms in total. The lowest BCUT2D eigenvalue weighted by Crippen LogP contribution is -2.25. The third kappa shape index (κ3) is 3.20. The first-order valence-corrected chi connectivity index (χ1v) is 5.70. The Balaban J connectivity index is 3.07. The second kappa shape index (κ2) is 6.00. The summed E-state index contributed by atoms with van der Waals surface area (Å²) in [6, 6.07) is 7.59. The number of anilines is 2. The lowest BCUT2D eigenvalue weighted by Gasteiger charge is -2.22. The van der Waals surface area contributed by atoms with E-state index < -0.39 is 0 Å². The van der Waals surface area contributed by atoms with Crippen LogP contribution in [0.15, 0.2) is 41.4 Å². The quantitative estimate of drug-likeness (QED) is 0.505. The van der Waals surface area contributed by atoms with Gasteiger partial charge in [-0.1, -0.05) is 18.7 Å². The second-order valence-electron chi connectivity index (χ2n) is 4.08. The van der Waals surface area contributed by atoms with Gasteiger partial charge in [0.1, 0.15) is 0 Å². The van der Waals surface area contributed by atoms with Crippen LogP contribution in [0.25, 0.3) is 0 Å². The van der Waals surface area contributed by atoms with E-state index in [9.17, 15) is 4.79 Å². The highest BCUT2D eigenvalue weighted by Crippen LogP contribution is 2.25. The number of para-hydroxylation sites is 2. The fourth-order valence-corrected chi connectivity index (χ4v) is 1.43. The minimum atomic E-state index is -0.179. The molecular formula is C14H19N3O. The van der Waals surface area contributed by atoms with E-state index in [-0.39, 0.29) is 5.91 Å². The Labute approximate surface area is 108 Å². The normalized spacial score (nSPS) is 11.0. The smallest absolute Gasteiger partial charge is 0.250 e. The van der Waals surface area contributed by atoms with E-state index in [1.165, 1.54) is 0 Å². The van der Waals surface area contributed by atoms with Crippen molar-refractivity contribution in [2.75, 3.05) is 24.3 Å². The van der Waals surface area contributed by atoms with Gasteiger partial charge in [0.25, 0.3) is 5.91 Å². The molecule has 1 rings (SSSR count). The maximum Gasteiger partial charge on any atom is 0.250 e. The molecule has 0 saturated heterocycles. The first-order chi connectivity index (χ1) is 8.47. The third-order valence-electron chi connectivity index (χ3n) is 2.71. The number of amidine groups is 1. The molecule has 96 valence electrons. The molecule has 0 aliphatic carbocycles. The fraction of sp³-hybridized carbons (Fsp3) is 0.286. The highest BCUT2D eigenvalue weighted by Gasteiger charge is 2.11. The van der Waals surface area contributed by atoms with Gasteiger partial charge in [-0.3, -0.25) is 9.79 Å². The van der Waals surface area contributed by atoms with Crippen LogP contribution in [0.2, 0.25) is 0 Å². The van der Waals surface area contributed by atoms with Gasteiger partial charge in [0, 0.05) is 19.7 Å². The Kier molecular flexibility index (Phi) is 4.66. The van der Waals surface area contributed by atoms with Crippen molar-refractivity contribution in [1.82, 2.24) is 0 Å². The number of amides is 1. The molecule has 0 bridgehead atoms. The average Bonchev–Trinajstić information content (AvgIpc) is 2.37. The molecule has 18 heavy (non-hydrogen) atoms. The van der Waals surface area contributed by atoms with Crippen LogP contribution in [-0.2, 0) is 4.79 Å². The number of aliphatic imine (C=N–C) groups is 1. The minimum Gasteiger partial charge on any atom is -0.332 e. The molecule has 0 aliphatic rings. The van der Waals surface area contributed by atoms with Crippen LogP contribution in [0, 0.1) is 0 Å². The lowest BCUT2D eigenvalue weighted by atomic mass is 10.2. The molecule has 4 heteroatoms. The second-order valence-corrected chi connectivity index (χ2v) is 4.08. The zero-order valence-corrected chi connectivity index (χ0v) is 11.3. The van der Waals surface area contributed by atoms with E-state index in [1.807, 2.05) is 43.1 Å². The van der Waals surface area contributed by atoms with Crippen LogP contribution in [-0.4, -0.2) is 25.8 Å². The molecule has 0 atom stereocenters. The number of rotatable bonds is 3. The van der Waals surface area contributed by atoms with Crippen molar-refractivity contribution in [2.24, 2.45) is 4.99 Å². The summed E-state index contributed by atoms with van der Waals surface area (Å²) in [5.74, 6) is 0.689. The molecule has 0 aromatic heterocycles. The molecule has 0 saturated carbocycles. The van der Waals surface area contributed by atoms with E-state index in [0.29, 0.717) is 5.57 Å². The molecule has 1 N–H and O–H groups in total. The Morgan fingerprint density at radius 2 is 1.94 bits per heavy atom. The summed E-state index contributed by atoms with van der Waals surface area (Å²) in [6.45, 7) is 7.22. The Hall–Kier alpha value is -2.10. The van der Waals surface area contributed by atoms with Gasteiger partial charge in [0.2, 0.25) is 0 Å². The third-order valence-corrected chi connectivity index (χ3v) is 2.71. The van der Waals surface area contributed by atoms with Crippen molar-refractivity contribution >= 4 is 23.1 Å². The summed E-state index contributed by atoms with van der Waals surface area (Å²) in [5.41, 5.74) is 2.12. The van der Waals surface area contributed by atoms with Crippen molar-refractivity contribution < 1.29 is 4.79 Å². The van der Waals surface area contributed by atoms with Gasteiger partial charge in [0.05, 0.1) is 17.2 Å². The molecule has 1 aromatic rings. The summed E-state index contributed by atoms with van der Waals surface area (Å²) in [5, 5.41) is 2.83. The van der Waals surface area contributed by atoms with E-state index >= 15 is 0 Å². The number of hydrogen-bond acceptors (Lipinski definition) is 2. The van der Waals surface area contributed by atoms with Crippen molar-refractivity contribution in [3.8, 4) is 0 Å². The van der Waals surface area contributed by atoms with Crippen molar-refractivity contribution in [3.05, 3.63) is 36.4 Å². The highest BCUT2D eigenvalue weighted by molar-refractivity contribution is 6.07. The van der Waals surface area contributed by atoms with Gasteiger partial charge in [-0.15, -0.1) is 0 Å².